The van der Waals surface area contributed by atoms with Crippen LogP contribution in [0.1, 0.15) is 82.5 Å². The van der Waals surface area contributed by atoms with Gasteiger partial charge in [0.15, 0.2) is 0 Å². The van der Waals surface area contributed by atoms with Crippen molar-refractivity contribution in [1.82, 2.24) is 15.5 Å². The van der Waals surface area contributed by atoms with Crippen molar-refractivity contribution < 1.29 is 4.42 Å². The van der Waals surface area contributed by atoms with Gasteiger partial charge in [-0.1, -0.05) is 32.6 Å². The molecule has 3 rings (SSSR count). The summed E-state index contributed by atoms with van der Waals surface area (Å²) in [5.41, 5.74) is 0. The summed E-state index contributed by atoms with van der Waals surface area (Å²) in [6, 6.07) is 0.160. The van der Waals surface area contributed by atoms with Crippen molar-refractivity contribution in [2.24, 2.45) is 11.8 Å². The predicted octanol–water partition coefficient (Wildman–Crippen LogP) is 3.81. The zero-order chi connectivity index (χ0) is 13.9. The van der Waals surface area contributed by atoms with Crippen molar-refractivity contribution in [3.63, 3.8) is 0 Å². The molecule has 2 aliphatic carbocycles. The molecule has 1 aromatic rings. The molecule has 0 aromatic carbocycles. The second-order valence-corrected chi connectivity index (χ2v) is 6.57. The summed E-state index contributed by atoms with van der Waals surface area (Å²) in [5.74, 6) is 4.01. The van der Waals surface area contributed by atoms with Gasteiger partial charge in [-0.25, -0.2) is 0 Å². The number of hydrogen-bond donors (Lipinski definition) is 1. The number of hydrogen-bond acceptors (Lipinski definition) is 4. The summed E-state index contributed by atoms with van der Waals surface area (Å²) >= 11 is 0. The maximum absolute atomic E-state index is 5.93. The summed E-state index contributed by atoms with van der Waals surface area (Å²) < 4.78 is 5.93. The van der Waals surface area contributed by atoms with E-state index in [1.807, 2.05) is 0 Å². The van der Waals surface area contributed by atoms with Crippen LogP contribution >= 0.6 is 0 Å². The fourth-order valence-electron chi connectivity index (χ4n) is 4.08. The highest BCUT2D eigenvalue weighted by Gasteiger charge is 2.35. The lowest BCUT2D eigenvalue weighted by Crippen LogP contribution is -2.27. The lowest BCUT2D eigenvalue weighted by atomic mass is 9.67. The summed E-state index contributed by atoms with van der Waals surface area (Å²) in [5, 5.41) is 11.9. The molecule has 4 unspecified atom stereocenters. The van der Waals surface area contributed by atoms with Crippen molar-refractivity contribution in [3.8, 4) is 0 Å². The molecule has 0 spiro atoms. The van der Waals surface area contributed by atoms with Gasteiger partial charge in [0, 0.05) is 5.92 Å². The van der Waals surface area contributed by atoms with Crippen LogP contribution in [0.5, 0.6) is 0 Å². The van der Waals surface area contributed by atoms with Gasteiger partial charge in [0.2, 0.25) is 11.8 Å². The van der Waals surface area contributed by atoms with Gasteiger partial charge in [0.05, 0.1) is 6.04 Å². The van der Waals surface area contributed by atoms with E-state index in [1.54, 1.807) is 0 Å². The van der Waals surface area contributed by atoms with Crippen LogP contribution in [-0.4, -0.2) is 16.7 Å². The van der Waals surface area contributed by atoms with Crippen LogP contribution in [0.2, 0.25) is 0 Å². The molecule has 4 atom stereocenters. The van der Waals surface area contributed by atoms with Gasteiger partial charge in [0.1, 0.15) is 0 Å². The third-order valence-corrected chi connectivity index (χ3v) is 5.23. The van der Waals surface area contributed by atoms with Crippen LogP contribution in [0.25, 0.3) is 0 Å². The fraction of sp³-hybridized carbons (Fsp3) is 0.875. The van der Waals surface area contributed by atoms with E-state index < -0.39 is 0 Å². The molecular formula is C16H27N3O. The van der Waals surface area contributed by atoms with E-state index in [-0.39, 0.29) is 6.04 Å². The zero-order valence-corrected chi connectivity index (χ0v) is 12.8. The van der Waals surface area contributed by atoms with E-state index in [4.69, 9.17) is 4.42 Å². The van der Waals surface area contributed by atoms with E-state index in [0.29, 0.717) is 5.92 Å². The van der Waals surface area contributed by atoms with Gasteiger partial charge < -0.3 is 9.73 Å². The molecule has 0 bridgehead atoms. The Kier molecular flexibility index (Phi) is 4.39. The number of rotatable bonds is 4. The molecule has 4 nitrogen and oxygen atoms in total. The highest BCUT2D eigenvalue weighted by atomic mass is 16.4. The Bertz CT molecular complexity index is 431. The van der Waals surface area contributed by atoms with E-state index in [2.05, 4.69) is 29.4 Å². The molecule has 0 amide bonds. The molecule has 1 heterocycles. The smallest absolute Gasteiger partial charge is 0.233 e. The average Bonchev–Trinajstić information content (AvgIpc) is 2.97. The summed E-state index contributed by atoms with van der Waals surface area (Å²) in [6.07, 6.45) is 9.58. The van der Waals surface area contributed by atoms with Crippen molar-refractivity contribution in [2.45, 2.75) is 70.8 Å². The molecule has 4 heteroatoms. The Morgan fingerprint density at radius 2 is 1.95 bits per heavy atom. The Labute approximate surface area is 121 Å². The molecule has 0 saturated heterocycles. The number of aromatic nitrogens is 2. The van der Waals surface area contributed by atoms with Crippen LogP contribution in [0.3, 0.4) is 0 Å². The highest BCUT2D eigenvalue weighted by Crippen LogP contribution is 2.45. The number of nitrogens with zero attached hydrogens (tertiary/aromatic N) is 2. The standard InChI is InChI=1S/C16H27N3O/c1-3-17-11(2)15-18-19-16(20-15)14-9-8-12-6-4-5-7-13(12)10-14/h11-14,17H,3-10H2,1-2H3. The monoisotopic (exact) mass is 277 g/mol. The molecule has 20 heavy (non-hydrogen) atoms. The van der Waals surface area contributed by atoms with Crippen LogP contribution in [0.4, 0.5) is 0 Å². The molecule has 0 aliphatic heterocycles. The second kappa shape index (κ2) is 6.25. The molecule has 1 N–H and O–H groups in total. The van der Waals surface area contributed by atoms with Crippen LogP contribution in [-0.2, 0) is 0 Å². The first-order chi connectivity index (χ1) is 9.78. The zero-order valence-electron chi connectivity index (χ0n) is 12.8. The summed E-state index contributed by atoms with van der Waals surface area (Å²) in [6.45, 7) is 5.10. The highest BCUT2D eigenvalue weighted by molar-refractivity contribution is 4.98. The minimum absolute atomic E-state index is 0.160. The van der Waals surface area contributed by atoms with Gasteiger partial charge in [0.25, 0.3) is 0 Å². The topological polar surface area (TPSA) is 51.0 Å². The molecule has 2 saturated carbocycles. The minimum atomic E-state index is 0.160. The van der Waals surface area contributed by atoms with Crippen molar-refractivity contribution in [3.05, 3.63) is 11.8 Å². The first-order valence-corrected chi connectivity index (χ1v) is 8.34. The molecule has 2 fully saturated rings. The SMILES string of the molecule is CCNC(C)c1nnc(C2CCC3CCCCC3C2)o1. The number of nitrogens with one attached hydrogen (secondary N) is 1. The van der Waals surface area contributed by atoms with Crippen LogP contribution < -0.4 is 5.32 Å². The lowest BCUT2D eigenvalue weighted by molar-refractivity contribution is 0.145. The third-order valence-electron chi connectivity index (χ3n) is 5.23. The van der Waals surface area contributed by atoms with Gasteiger partial charge >= 0.3 is 0 Å². The molecule has 0 radical (unpaired) electrons. The van der Waals surface area contributed by atoms with E-state index in [9.17, 15) is 0 Å². The summed E-state index contributed by atoms with van der Waals surface area (Å²) in [7, 11) is 0. The molecular weight excluding hydrogens is 250 g/mol. The minimum Gasteiger partial charge on any atom is -0.423 e. The Morgan fingerprint density at radius 3 is 2.75 bits per heavy atom. The molecule has 1 aromatic heterocycles. The third kappa shape index (κ3) is 2.90. The Hall–Kier alpha value is -0.900. The fourth-order valence-corrected chi connectivity index (χ4v) is 4.08. The normalized spacial score (nSPS) is 31.8. The second-order valence-electron chi connectivity index (χ2n) is 6.57. The molecule has 2 aliphatic rings. The first-order valence-electron chi connectivity index (χ1n) is 8.34. The summed E-state index contributed by atoms with van der Waals surface area (Å²) in [4.78, 5) is 0. The maximum Gasteiger partial charge on any atom is 0.233 e. The van der Waals surface area contributed by atoms with E-state index in [0.717, 1.165) is 30.2 Å². The van der Waals surface area contributed by atoms with Crippen molar-refractivity contribution in [1.29, 1.82) is 0 Å². The van der Waals surface area contributed by atoms with Crippen LogP contribution in [0.15, 0.2) is 4.42 Å². The average molecular weight is 277 g/mol. The predicted molar refractivity (Wildman–Crippen MR) is 78.4 cm³/mol. The maximum atomic E-state index is 5.93. The number of fused-ring (bicyclic) bond motifs is 1. The van der Waals surface area contributed by atoms with Crippen molar-refractivity contribution in [2.75, 3.05) is 6.54 Å². The van der Waals surface area contributed by atoms with Gasteiger partial charge in [-0.2, -0.15) is 0 Å². The van der Waals surface area contributed by atoms with Crippen LogP contribution in [0, 0.1) is 11.8 Å². The van der Waals surface area contributed by atoms with Gasteiger partial charge in [-0.15, -0.1) is 10.2 Å². The van der Waals surface area contributed by atoms with Gasteiger partial charge in [-0.05, 0) is 44.6 Å². The van der Waals surface area contributed by atoms with E-state index in [1.165, 1.54) is 44.9 Å². The largest absolute Gasteiger partial charge is 0.423 e. The lowest BCUT2D eigenvalue weighted by Gasteiger charge is -2.38. The Morgan fingerprint density at radius 1 is 1.15 bits per heavy atom. The Balaban J connectivity index is 1.64. The quantitative estimate of drug-likeness (QED) is 0.909. The molecule has 112 valence electrons. The van der Waals surface area contributed by atoms with E-state index >= 15 is 0 Å². The van der Waals surface area contributed by atoms with Gasteiger partial charge in [-0.3, -0.25) is 0 Å². The van der Waals surface area contributed by atoms with Crippen molar-refractivity contribution >= 4 is 0 Å². The first kappa shape index (κ1) is 14.1.